The van der Waals surface area contributed by atoms with Crippen molar-refractivity contribution in [1.82, 2.24) is 0 Å². The molecule has 98 valence electrons. The summed E-state index contributed by atoms with van der Waals surface area (Å²) in [5.41, 5.74) is 0.691. The maximum atomic E-state index is 11.8. The van der Waals surface area contributed by atoms with Gasteiger partial charge in [-0.3, -0.25) is 4.79 Å². The van der Waals surface area contributed by atoms with Crippen LogP contribution in [0.1, 0.15) is 38.5 Å². The van der Waals surface area contributed by atoms with Crippen LogP contribution in [0.5, 0.6) is 0 Å². The number of amides is 1. The van der Waals surface area contributed by atoms with E-state index in [1.807, 2.05) is 12.1 Å². The van der Waals surface area contributed by atoms with E-state index in [-0.39, 0.29) is 5.91 Å². The minimum Gasteiger partial charge on any atom is -0.325 e. The van der Waals surface area contributed by atoms with Crippen LogP contribution < -0.4 is 5.32 Å². The van der Waals surface area contributed by atoms with E-state index in [1.165, 1.54) is 25.7 Å². The van der Waals surface area contributed by atoms with Crippen molar-refractivity contribution >= 4 is 39.1 Å². The van der Waals surface area contributed by atoms with Crippen molar-refractivity contribution in [3.05, 3.63) is 27.7 Å². The van der Waals surface area contributed by atoms with Crippen molar-refractivity contribution in [1.29, 1.82) is 0 Å². The number of benzene rings is 1. The van der Waals surface area contributed by atoms with Crippen LogP contribution in [0, 0.1) is 5.92 Å². The first kappa shape index (κ1) is 13.9. The second-order valence-electron chi connectivity index (χ2n) is 4.86. The van der Waals surface area contributed by atoms with Gasteiger partial charge < -0.3 is 5.32 Å². The summed E-state index contributed by atoms with van der Waals surface area (Å²) in [4.78, 5) is 11.8. The molecule has 2 nitrogen and oxygen atoms in total. The van der Waals surface area contributed by atoms with Crippen molar-refractivity contribution in [2.75, 3.05) is 5.32 Å². The van der Waals surface area contributed by atoms with Gasteiger partial charge in [0.05, 0.1) is 10.7 Å². The van der Waals surface area contributed by atoms with E-state index in [0.717, 1.165) is 16.8 Å². The molecular weight excluding hydrogens is 314 g/mol. The van der Waals surface area contributed by atoms with Crippen LogP contribution in [-0.4, -0.2) is 5.91 Å². The molecule has 0 aromatic heterocycles. The summed E-state index contributed by atoms with van der Waals surface area (Å²) < 4.78 is 0.913. The number of hydrogen-bond acceptors (Lipinski definition) is 1. The van der Waals surface area contributed by atoms with Gasteiger partial charge in [-0.1, -0.05) is 53.2 Å². The van der Waals surface area contributed by atoms with Gasteiger partial charge in [0.2, 0.25) is 5.91 Å². The Bertz CT molecular complexity index is 430. The van der Waals surface area contributed by atoms with Crippen LogP contribution in [0.25, 0.3) is 0 Å². The van der Waals surface area contributed by atoms with Crippen LogP contribution in [0.2, 0.25) is 5.02 Å². The zero-order valence-electron chi connectivity index (χ0n) is 10.2. The number of anilines is 1. The molecule has 1 aliphatic rings. The predicted octanol–water partition coefficient (Wildman–Crippen LogP) is 5.01. The highest BCUT2D eigenvalue weighted by atomic mass is 79.9. The fraction of sp³-hybridized carbons (Fsp3) is 0.500. The van der Waals surface area contributed by atoms with Crippen LogP contribution in [0.15, 0.2) is 22.7 Å². The maximum Gasteiger partial charge on any atom is 0.224 e. The molecule has 0 spiro atoms. The average Bonchev–Trinajstić information content (AvgIpc) is 2.83. The standard InChI is InChI=1S/C14H17BrClNO/c15-11-6-7-13(12(16)9-11)17-14(18)8-5-10-3-1-2-4-10/h6-7,9-10H,1-5,8H2,(H,17,18). The molecule has 18 heavy (non-hydrogen) atoms. The van der Waals surface area contributed by atoms with E-state index >= 15 is 0 Å². The number of nitrogens with one attached hydrogen (secondary N) is 1. The molecule has 0 radical (unpaired) electrons. The summed E-state index contributed by atoms with van der Waals surface area (Å²) in [6.07, 6.45) is 6.81. The third-order valence-corrected chi connectivity index (χ3v) is 4.27. The minimum atomic E-state index is 0.0612. The van der Waals surface area contributed by atoms with E-state index in [1.54, 1.807) is 6.07 Å². The number of carbonyl (C=O) groups excluding carboxylic acids is 1. The summed E-state index contributed by atoms with van der Waals surface area (Å²) in [7, 11) is 0. The number of rotatable bonds is 4. The molecule has 1 fully saturated rings. The fourth-order valence-electron chi connectivity index (χ4n) is 2.44. The Morgan fingerprint density at radius 1 is 1.39 bits per heavy atom. The van der Waals surface area contributed by atoms with Crippen LogP contribution in [-0.2, 0) is 4.79 Å². The quantitative estimate of drug-likeness (QED) is 0.826. The Labute approximate surface area is 121 Å². The zero-order chi connectivity index (χ0) is 13.0. The Morgan fingerprint density at radius 3 is 2.78 bits per heavy atom. The average molecular weight is 331 g/mol. The Balaban J connectivity index is 1.82. The number of carbonyl (C=O) groups is 1. The first-order valence-electron chi connectivity index (χ1n) is 6.40. The molecule has 0 bridgehead atoms. The molecule has 0 atom stereocenters. The van der Waals surface area contributed by atoms with Crippen molar-refractivity contribution in [3.8, 4) is 0 Å². The van der Waals surface area contributed by atoms with Gasteiger partial charge in [0.15, 0.2) is 0 Å². The van der Waals surface area contributed by atoms with Gasteiger partial charge in [-0.25, -0.2) is 0 Å². The second kappa shape index (κ2) is 6.58. The fourth-order valence-corrected chi connectivity index (χ4v) is 3.16. The van der Waals surface area contributed by atoms with Gasteiger partial charge in [-0.05, 0) is 30.5 Å². The molecule has 0 heterocycles. The highest BCUT2D eigenvalue weighted by molar-refractivity contribution is 9.10. The zero-order valence-corrected chi connectivity index (χ0v) is 12.6. The van der Waals surface area contributed by atoms with Gasteiger partial charge >= 0.3 is 0 Å². The molecule has 1 saturated carbocycles. The number of hydrogen-bond donors (Lipinski definition) is 1. The molecular formula is C14H17BrClNO. The van der Waals surface area contributed by atoms with Gasteiger partial charge in [0.25, 0.3) is 0 Å². The van der Waals surface area contributed by atoms with Crippen molar-refractivity contribution in [3.63, 3.8) is 0 Å². The predicted molar refractivity (Wildman–Crippen MR) is 79.0 cm³/mol. The topological polar surface area (TPSA) is 29.1 Å². The molecule has 0 aliphatic heterocycles. The van der Waals surface area contributed by atoms with E-state index in [0.29, 0.717) is 17.1 Å². The molecule has 1 amide bonds. The van der Waals surface area contributed by atoms with E-state index < -0.39 is 0 Å². The summed E-state index contributed by atoms with van der Waals surface area (Å²) in [5.74, 6) is 0.808. The molecule has 1 aromatic carbocycles. The number of halogens is 2. The lowest BCUT2D eigenvalue weighted by molar-refractivity contribution is -0.116. The summed E-state index contributed by atoms with van der Waals surface area (Å²) in [6, 6.07) is 5.48. The van der Waals surface area contributed by atoms with Gasteiger partial charge in [-0.2, -0.15) is 0 Å². The SMILES string of the molecule is O=C(CCC1CCCC1)Nc1ccc(Br)cc1Cl. The van der Waals surface area contributed by atoms with Crippen LogP contribution in [0.3, 0.4) is 0 Å². The summed E-state index contributed by atoms with van der Waals surface area (Å²) >= 11 is 9.40. The van der Waals surface area contributed by atoms with Gasteiger partial charge in [0.1, 0.15) is 0 Å². The van der Waals surface area contributed by atoms with Crippen molar-refractivity contribution in [2.45, 2.75) is 38.5 Å². The largest absolute Gasteiger partial charge is 0.325 e. The molecule has 0 saturated heterocycles. The first-order chi connectivity index (χ1) is 8.65. The highest BCUT2D eigenvalue weighted by Crippen LogP contribution is 2.29. The monoisotopic (exact) mass is 329 g/mol. The third-order valence-electron chi connectivity index (χ3n) is 3.46. The van der Waals surface area contributed by atoms with E-state index in [4.69, 9.17) is 11.6 Å². The van der Waals surface area contributed by atoms with Crippen LogP contribution >= 0.6 is 27.5 Å². The third kappa shape index (κ3) is 3.99. The molecule has 2 rings (SSSR count). The van der Waals surface area contributed by atoms with E-state index in [9.17, 15) is 4.79 Å². The maximum absolute atomic E-state index is 11.8. The lowest BCUT2D eigenvalue weighted by Crippen LogP contribution is -2.13. The van der Waals surface area contributed by atoms with Crippen molar-refractivity contribution in [2.24, 2.45) is 5.92 Å². The smallest absolute Gasteiger partial charge is 0.224 e. The Morgan fingerprint density at radius 2 is 2.11 bits per heavy atom. The normalized spacial score (nSPS) is 15.9. The van der Waals surface area contributed by atoms with Crippen LogP contribution in [0.4, 0.5) is 5.69 Å². The molecule has 1 aromatic rings. The second-order valence-corrected chi connectivity index (χ2v) is 6.18. The summed E-state index contributed by atoms with van der Waals surface area (Å²) in [5, 5.41) is 3.44. The minimum absolute atomic E-state index is 0.0612. The highest BCUT2D eigenvalue weighted by Gasteiger charge is 2.16. The van der Waals surface area contributed by atoms with Crippen molar-refractivity contribution < 1.29 is 4.79 Å². The first-order valence-corrected chi connectivity index (χ1v) is 7.57. The lowest BCUT2D eigenvalue weighted by Gasteiger charge is -2.10. The molecule has 1 N–H and O–H groups in total. The van der Waals surface area contributed by atoms with E-state index in [2.05, 4.69) is 21.2 Å². The lowest BCUT2D eigenvalue weighted by atomic mass is 10.0. The Kier molecular flexibility index (Phi) is 5.07. The molecule has 1 aliphatic carbocycles. The molecule has 4 heteroatoms. The Hall–Kier alpha value is -0.540. The molecule has 0 unspecified atom stereocenters. The van der Waals surface area contributed by atoms with Gasteiger partial charge in [-0.15, -0.1) is 0 Å². The summed E-state index contributed by atoms with van der Waals surface area (Å²) in [6.45, 7) is 0. The van der Waals surface area contributed by atoms with Gasteiger partial charge in [0, 0.05) is 10.9 Å².